The number of carbonyl (C=O) groups is 2. The van der Waals surface area contributed by atoms with Crippen molar-refractivity contribution in [3.8, 4) is 0 Å². The van der Waals surface area contributed by atoms with E-state index >= 15 is 0 Å². The van der Waals surface area contributed by atoms with Crippen LogP contribution in [0.2, 0.25) is 0 Å². The van der Waals surface area contributed by atoms with Gasteiger partial charge in [0.2, 0.25) is 0 Å². The molecule has 0 aromatic rings. The van der Waals surface area contributed by atoms with E-state index in [-0.39, 0.29) is 12.8 Å². The molecule has 2 N–H and O–H groups in total. The van der Waals surface area contributed by atoms with Crippen LogP contribution < -0.4 is 0 Å². The molecule has 0 unspecified atom stereocenters. The molecule has 0 rings (SSSR count). The lowest BCUT2D eigenvalue weighted by molar-refractivity contribution is -0.137. The molecule has 0 aromatic heterocycles. The fourth-order valence-electron chi connectivity index (χ4n) is 1.37. The summed E-state index contributed by atoms with van der Waals surface area (Å²) in [6.07, 6.45) is 9.73. The van der Waals surface area contributed by atoms with Gasteiger partial charge in [-0.1, -0.05) is 31.4 Å². The predicted octanol–water partition coefficient (Wildman–Crippen LogP) is 2.83. The van der Waals surface area contributed by atoms with Gasteiger partial charge in [0.1, 0.15) is 0 Å². The second-order valence-electron chi connectivity index (χ2n) is 3.77. The molecule has 0 saturated carbocycles. The van der Waals surface area contributed by atoms with Crippen molar-refractivity contribution in [3.63, 3.8) is 0 Å². The van der Waals surface area contributed by atoms with Crippen LogP contribution in [0.1, 0.15) is 51.4 Å². The SMILES string of the molecule is O=C(O)C/C=C\CCCCCCCC(=O)O. The Morgan fingerprint density at radius 3 is 2.06 bits per heavy atom. The maximum Gasteiger partial charge on any atom is 0.307 e. The molecule has 0 spiro atoms. The normalized spacial score (nSPS) is 10.8. The summed E-state index contributed by atoms with van der Waals surface area (Å²) in [5.74, 6) is -1.53. The predicted molar refractivity (Wildman–Crippen MR) is 61.3 cm³/mol. The topological polar surface area (TPSA) is 74.6 Å². The van der Waals surface area contributed by atoms with Gasteiger partial charge in [0.05, 0.1) is 6.42 Å². The van der Waals surface area contributed by atoms with Crippen LogP contribution in [-0.4, -0.2) is 22.2 Å². The summed E-state index contributed by atoms with van der Waals surface area (Å²) in [6, 6.07) is 0. The van der Waals surface area contributed by atoms with Crippen molar-refractivity contribution in [2.45, 2.75) is 51.4 Å². The molecule has 16 heavy (non-hydrogen) atoms. The zero-order valence-corrected chi connectivity index (χ0v) is 9.52. The molecule has 0 saturated heterocycles. The molecular weight excluding hydrogens is 208 g/mol. The molecule has 0 radical (unpaired) electrons. The summed E-state index contributed by atoms with van der Waals surface area (Å²) in [7, 11) is 0. The molecule has 0 aliphatic carbocycles. The van der Waals surface area contributed by atoms with Gasteiger partial charge < -0.3 is 10.2 Å². The molecule has 0 aromatic carbocycles. The van der Waals surface area contributed by atoms with Crippen LogP contribution in [0, 0.1) is 0 Å². The molecule has 0 amide bonds. The zero-order valence-electron chi connectivity index (χ0n) is 9.52. The van der Waals surface area contributed by atoms with Gasteiger partial charge in [0.15, 0.2) is 0 Å². The molecule has 4 nitrogen and oxygen atoms in total. The standard InChI is InChI=1S/C12H20O4/c13-11(14)9-7-5-3-1-2-4-6-8-10-12(15)16/h5,7H,1-4,6,8-10H2,(H,13,14)(H,15,16)/b7-5-. The minimum Gasteiger partial charge on any atom is -0.481 e. The van der Waals surface area contributed by atoms with Crippen LogP contribution in [0.5, 0.6) is 0 Å². The molecule has 0 atom stereocenters. The first-order valence-corrected chi connectivity index (χ1v) is 5.71. The van der Waals surface area contributed by atoms with Crippen molar-refractivity contribution in [2.24, 2.45) is 0 Å². The van der Waals surface area contributed by atoms with Crippen molar-refractivity contribution in [3.05, 3.63) is 12.2 Å². The van der Waals surface area contributed by atoms with Crippen molar-refractivity contribution >= 4 is 11.9 Å². The monoisotopic (exact) mass is 228 g/mol. The maximum atomic E-state index is 10.2. The first-order valence-electron chi connectivity index (χ1n) is 5.71. The fraction of sp³-hybridized carbons (Fsp3) is 0.667. The molecule has 0 fully saturated rings. The van der Waals surface area contributed by atoms with Gasteiger partial charge in [0.25, 0.3) is 0 Å². The minimum atomic E-state index is -0.801. The van der Waals surface area contributed by atoms with Crippen molar-refractivity contribution in [1.29, 1.82) is 0 Å². The Balaban J connectivity index is 3.12. The maximum absolute atomic E-state index is 10.2. The number of hydrogen-bond acceptors (Lipinski definition) is 2. The Morgan fingerprint density at radius 1 is 0.812 bits per heavy atom. The number of unbranched alkanes of at least 4 members (excludes halogenated alkanes) is 5. The van der Waals surface area contributed by atoms with Crippen LogP contribution in [0.15, 0.2) is 12.2 Å². The van der Waals surface area contributed by atoms with Gasteiger partial charge in [-0.25, -0.2) is 0 Å². The van der Waals surface area contributed by atoms with E-state index in [4.69, 9.17) is 10.2 Å². The largest absolute Gasteiger partial charge is 0.481 e. The van der Waals surface area contributed by atoms with Crippen LogP contribution in [-0.2, 0) is 9.59 Å². The summed E-state index contributed by atoms with van der Waals surface area (Å²) in [4.78, 5) is 20.4. The van der Waals surface area contributed by atoms with Gasteiger partial charge in [-0.05, 0) is 19.3 Å². The van der Waals surface area contributed by atoms with Crippen molar-refractivity contribution < 1.29 is 19.8 Å². The molecule has 92 valence electrons. The Bertz CT molecular complexity index is 233. The summed E-state index contributed by atoms with van der Waals surface area (Å²) in [5.41, 5.74) is 0. The van der Waals surface area contributed by atoms with E-state index in [2.05, 4.69) is 0 Å². The Morgan fingerprint density at radius 2 is 1.44 bits per heavy atom. The number of aliphatic carboxylic acids is 2. The number of allylic oxidation sites excluding steroid dienone is 1. The van der Waals surface area contributed by atoms with Crippen LogP contribution in [0.3, 0.4) is 0 Å². The highest BCUT2D eigenvalue weighted by Gasteiger charge is 1.95. The van der Waals surface area contributed by atoms with Crippen LogP contribution in [0.4, 0.5) is 0 Å². The summed E-state index contributed by atoms with van der Waals surface area (Å²) >= 11 is 0. The van der Waals surface area contributed by atoms with E-state index < -0.39 is 11.9 Å². The number of hydrogen-bond donors (Lipinski definition) is 2. The first-order chi connectivity index (χ1) is 7.63. The highest BCUT2D eigenvalue weighted by molar-refractivity contribution is 5.68. The van der Waals surface area contributed by atoms with Crippen molar-refractivity contribution in [1.82, 2.24) is 0 Å². The van der Waals surface area contributed by atoms with E-state index in [1.807, 2.05) is 6.08 Å². The highest BCUT2D eigenvalue weighted by Crippen LogP contribution is 2.07. The lowest BCUT2D eigenvalue weighted by atomic mass is 10.1. The van der Waals surface area contributed by atoms with Gasteiger partial charge in [-0.2, -0.15) is 0 Å². The van der Waals surface area contributed by atoms with Crippen LogP contribution >= 0.6 is 0 Å². The van der Waals surface area contributed by atoms with E-state index in [0.29, 0.717) is 0 Å². The number of carboxylic acids is 2. The van der Waals surface area contributed by atoms with E-state index in [0.717, 1.165) is 38.5 Å². The van der Waals surface area contributed by atoms with Gasteiger partial charge >= 0.3 is 11.9 Å². The zero-order chi connectivity index (χ0) is 12.2. The third kappa shape index (κ3) is 12.7. The highest BCUT2D eigenvalue weighted by atomic mass is 16.4. The van der Waals surface area contributed by atoms with E-state index in [1.165, 1.54) is 0 Å². The van der Waals surface area contributed by atoms with Crippen LogP contribution in [0.25, 0.3) is 0 Å². The Hall–Kier alpha value is -1.32. The quantitative estimate of drug-likeness (QED) is 0.445. The first kappa shape index (κ1) is 14.7. The summed E-state index contributed by atoms with van der Waals surface area (Å²) < 4.78 is 0. The Labute approximate surface area is 96.0 Å². The number of carboxylic acid groups (broad SMARTS) is 2. The smallest absolute Gasteiger partial charge is 0.307 e. The summed E-state index contributed by atoms with van der Waals surface area (Å²) in [5, 5.41) is 16.8. The molecule has 4 heteroatoms. The lowest BCUT2D eigenvalue weighted by Gasteiger charge is -1.97. The third-order valence-electron chi connectivity index (χ3n) is 2.22. The average Bonchev–Trinajstić information content (AvgIpc) is 2.20. The lowest BCUT2D eigenvalue weighted by Crippen LogP contribution is -1.93. The fourth-order valence-corrected chi connectivity index (χ4v) is 1.37. The molecule has 0 aliphatic rings. The molecule has 0 aliphatic heterocycles. The van der Waals surface area contributed by atoms with E-state index in [9.17, 15) is 9.59 Å². The number of rotatable bonds is 10. The van der Waals surface area contributed by atoms with Gasteiger partial charge in [0, 0.05) is 6.42 Å². The van der Waals surface area contributed by atoms with E-state index in [1.54, 1.807) is 6.08 Å². The Kier molecular flexibility index (Phi) is 9.36. The summed E-state index contributed by atoms with van der Waals surface area (Å²) in [6.45, 7) is 0. The van der Waals surface area contributed by atoms with Crippen molar-refractivity contribution in [2.75, 3.05) is 0 Å². The second-order valence-corrected chi connectivity index (χ2v) is 3.77. The molecule has 0 heterocycles. The van der Waals surface area contributed by atoms with Gasteiger partial charge in [-0.15, -0.1) is 0 Å². The molecular formula is C12H20O4. The minimum absolute atomic E-state index is 0.0958. The average molecular weight is 228 g/mol. The second kappa shape index (κ2) is 10.2. The molecule has 0 bridgehead atoms. The van der Waals surface area contributed by atoms with Gasteiger partial charge in [-0.3, -0.25) is 9.59 Å². The third-order valence-corrected chi connectivity index (χ3v) is 2.22.